The first kappa shape index (κ1) is 10.4. The monoisotopic (exact) mass is 244 g/mol. The molecule has 13 heavy (non-hydrogen) atoms. The van der Waals surface area contributed by atoms with Gasteiger partial charge in [0, 0.05) is 18.3 Å². The molecule has 1 aromatic carbocycles. The number of hydrogen-bond acceptors (Lipinski definition) is 2. The van der Waals surface area contributed by atoms with Crippen LogP contribution in [0.2, 0.25) is 0 Å². The normalized spacial score (nSPS) is 16.5. The number of ether oxygens (including phenoxy) is 2. The molecule has 0 atom stereocenters. The van der Waals surface area contributed by atoms with Gasteiger partial charge in [-0.3, -0.25) is 0 Å². The Balaban J connectivity index is 0.000000845. The predicted molar refractivity (Wildman–Crippen MR) is 56.2 cm³/mol. The standard InChI is InChI=1S/C9H9BrO2.CH4/c1-9(2)11-7-4-3-6(10)5-8(7)12-9;/h3-5H,1-2H3;1H4. The molecule has 0 radical (unpaired) electrons. The van der Waals surface area contributed by atoms with Gasteiger partial charge in [0.2, 0.25) is 5.79 Å². The molecule has 72 valence electrons. The summed E-state index contributed by atoms with van der Waals surface area (Å²) in [6.45, 7) is 3.78. The van der Waals surface area contributed by atoms with Gasteiger partial charge in [-0.05, 0) is 18.2 Å². The van der Waals surface area contributed by atoms with Crippen molar-refractivity contribution in [2.24, 2.45) is 0 Å². The van der Waals surface area contributed by atoms with Gasteiger partial charge in [0.1, 0.15) is 0 Å². The Labute approximate surface area is 87.0 Å². The Bertz CT molecular complexity index is 321. The highest BCUT2D eigenvalue weighted by atomic mass is 79.9. The minimum Gasteiger partial charge on any atom is -0.449 e. The molecule has 0 fully saturated rings. The number of rotatable bonds is 0. The largest absolute Gasteiger partial charge is 0.449 e. The highest BCUT2D eigenvalue weighted by molar-refractivity contribution is 9.10. The van der Waals surface area contributed by atoms with Crippen molar-refractivity contribution < 1.29 is 9.47 Å². The van der Waals surface area contributed by atoms with Crippen LogP contribution in [-0.2, 0) is 0 Å². The predicted octanol–water partition coefficient (Wildman–Crippen LogP) is 3.59. The Morgan fingerprint density at radius 1 is 1.15 bits per heavy atom. The summed E-state index contributed by atoms with van der Waals surface area (Å²) in [5.74, 6) is 1.08. The molecule has 0 amide bonds. The lowest BCUT2D eigenvalue weighted by Gasteiger charge is -2.16. The van der Waals surface area contributed by atoms with Crippen LogP contribution in [0.1, 0.15) is 21.3 Å². The van der Waals surface area contributed by atoms with Crippen LogP contribution in [-0.4, -0.2) is 5.79 Å². The summed E-state index contributed by atoms with van der Waals surface area (Å²) in [5, 5.41) is 0. The zero-order chi connectivity index (χ0) is 8.77. The Morgan fingerprint density at radius 3 is 2.46 bits per heavy atom. The SMILES string of the molecule is C.CC1(C)Oc2ccc(Br)cc2O1. The van der Waals surface area contributed by atoms with E-state index in [0.29, 0.717) is 0 Å². The maximum atomic E-state index is 5.52. The second-order valence-corrected chi connectivity index (χ2v) is 4.11. The summed E-state index contributed by atoms with van der Waals surface area (Å²) in [4.78, 5) is 0. The van der Waals surface area contributed by atoms with Crippen LogP contribution in [0.3, 0.4) is 0 Å². The summed E-state index contributed by atoms with van der Waals surface area (Å²) in [5.41, 5.74) is 0. The van der Waals surface area contributed by atoms with E-state index in [2.05, 4.69) is 15.9 Å². The van der Waals surface area contributed by atoms with Crippen LogP contribution < -0.4 is 9.47 Å². The van der Waals surface area contributed by atoms with Gasteiger partial charge in [0.15, 0.2) is 11.5 Å². The quantitative estimate of drug-likeness (QED) is 0.695. The third-order valence-corrected chi connectivity index (χ3v) is 2.11. The molecular formula is C10H13BrO2. The summed E-state index contributed by atoms with van der Waals surface area (Å²) in [6, 6.07) is 5.74. The van der Waals surface area contributed by atoms with Gasteiger partial charge >= 0.3 is 0 Å². The van der Waals surface area contributed by atoms with Gasteiger partial charge in [-0.15, -0.1) is 0 Å². The molecule has 1 heterocycles. The minimum atomic E-state index is -0.525. The molecule has 2 rings (SSSR count). The molecule has 1 aromatic rings. The third-order valence-electron chi connectivity index (χ3n) is 1.62. The molecule has 3 heteroatoms. The summed E-state index contributed by atoms with van der Waals surface area (Å²) < 4.78 is 12.0. The first-order chi connectivity index (χ1) is 5.57. The van der Waals surface area contributed by atoms with Gasteiger partial charge in [-0.1, -0.05) is 23.4 Å². The molecule has 0 N–H and O–H groups in total. The van der Waals surface area contributed by atoms with Crippen molar-refractivity contribution in [1.82, 2.24) is 0 Å². The first-order valence-electron chi connectivity index (χ1n) is 3.74. The van der Waals surface area contributed by atoms with E-state index < -0.39 is 5.79 Å². The van der Waals surface area contributed by atoms with Crippen molar-refractivity contribution in [3.63, 3.8) is 0 Å². The van der Waals surface area contributed by atoms with Crippen LogP contribution in [0, 0.1) is 0 Å². The van der Waals surface area contributed by atoms with Gasteiger partial charge in [0.05, 0.1) is 0 Å². The maximum absolute atomic E-state index is 5.52. The van der Waals surface area contributed by atoms with E-state index in [1.807, 2.05) is 32.0 Å². The lowest BCUT2D eigenvalue weighted by atomic mass is 10.3. The van der Waals surface area contributed by atoms with Crippen LogP contribution in [0.5, 0.6) is 11.5 Å². The van der Waals surface area contributed by atoms with Crippen LogP contribution in [0.15, 0.2) is 22.7 Å². The summed E-state index contributed by atoms with van der Waals surface area (Å²) in [7, 11) is 0. The zero-order valence-corrected chi connectivity index (χ0v) is 8.51. The van der Waals surface area contributed by atoms with Crippen molar-refractivity contribution in [2.45, 2.75) is 27.1 Å². The maximum Gasteiger partial charge on any atom is 0.246 e. The third kappa shape index (κ3) is 1.97. The fraction of sp³-hybridized carbons (Fsp3) is 0.400. The van der Waals surface area contributed by atoms with Crippen LogP contribution >= 0.6 is 15.9 Å². The molecule has 0 unspecified atom stereocenters. The fourth-order valence-corrected chi connectivity index (χ4v) is 1.54. The fourth-order valence-electron chi connectivity index (χ4n) is 1.20. The van der Waals surface area contributed by atoms with Gasteiger partial charge in [0.25, 0.3) is 0 Å². The van der Waals surface area contributed by atoms with Gasteiger partial charge < -0.3 is 9.47 Å². The molecule has 0 spiro atoms. The van der Waals surface area contributed by atoms with Crippen molar-refractivity contribution in [1.29, 1.82) is 0 Å². The van der Waals surface area contributed by atoms with Crippen LogP contribution in [0.4, 0.5) is 0 Å². The molecule has 0 bridgehead atoms. The van der Waals surface area contributed by atoms with E-state index in [1.165, 1.54) is 0 Å². The molecule has 1 aliphatic heterocycles. The molecule has 1 aliphatic rings. The Kier molecular flexibility index (Phi) is 2.57. The minimum absolute atomic E-state index is 0. The molecule has 0 saturated carbocycles. The number of fused-ring (bicyclic) bond motifs is 1. The molecule has 0 aliphatic carbocycles. The van der Waals surface area contributed by atoms with Crippen molar-refractivity contribution in [3.8, 4) is 11.5 Å². The topological polar surface area (TPSA) is 18.5 Å². The number of benzene rings is 1. The van der Waals surface area contributed by atoms with Gasteiger partial charge in [-0.25, -0.2) is 0 Å². The molecule has 2 nitrogen and oxygen atoms in total. The molecule has 0 aromatic heterocycles. The highest BCUT2D eigenvalue weighted by Gasteiger charge is 2.31. The average molecular weight is 245 g/mol. The lowest BCUT2D eigenvalue weighted by Crippen LogP contribution is -2.29. The molecule has 0 saturated heterocycles. The van der Waals surface area contributed by atoms with Crippen LogP contribution in [0.25, 0.3) is 0 Å². The van der Waals surface area contributed by atoms with Crippen molar-refractivity contribution in [2.75, 3.05) is 0 Å². The van der Waals surface area contributed by atoms with E-state index in [1.54, 1.807) is 0 Å². The van der Waals surface area contributed by atoms with Gasteiger partial charge in [-0.2, -0.15) is 0 Å². The Morgan fingerprint density at radius 2 is 1.77 bits per heavy atom. The van der Waals surface area contributed by atoms with E-state index >= 15 is 0 Å². The summed E-state index contributed by atoms with van der Waals surface area (Å²) >= 11 is 3.37. The zero-order valence-electron chi connectivity index (χ0n) is 6.93. The second-order valence-electron chi connectivity index (χ2n) is 3.20. The highest BCUT2D eigenvalue weighted by Crippen LogP contribution is 2.40. The lowest BCUT2D eigenvalue weighted by molar-refractivity contribution is -0.0431. The smallest absolute Gasteiger partial charge is 0.246 e. The Hall–Kier alpha value is -0.700. The first-order valence-corrected chi connectivity index (χ1v) is 4.54. The summed E-state index contributed by atoms with van der Waals surface area (Å²) in [6.07, 6.45) is 0. The van der Waals surface area contributed by atoms with E-state index in [0.717, 1.165) is 16.0 Å². The van der Waals surface area contributed by atoms with E-state index in [4.69, 9.17) is 9.47 Å². The van der Waals surface area contributed by atoms with Crippen molar-refractivity contribution in [3.05, 3.63) is 22.7 Å². The van der Waals surface area contributed by atoms with E-state index in [9.17, 15) is 0 Å². The average Bonchev–Trinajstić information content (AvgIpc) is 2.21. The molecular weight excluding hydrogens is 232 g/mol. The second kappa shape index (κ2) is 3.22. The number of halogens is 1. The number of hydrogen-bond donors (Lipinski definition) is 0. The van der Waals surface area contributed by atoms with E-state index in [-0.39, 0.29) is 7.43 Å². The van der Waals surface area contributed by atoms with Crippen molar-refractivity contribution >= 4 is 15.9 Å².